The number of furan rings is 1. The van der Waals surface area contributed by atoms with Crippen LogP contribution in [0, 0.1) is 0 Å². The fraction of sp³-hybridized carbons (Fsp3) is 0.267. The number of aryl methyl sites for hydroxylation is 1. The SMILES string of the molecule is CCCc1ccc(OCc2ccc(C(=O)O)o2)cc1. The van der Waals surface area contributed by atoms with Crippen LogP contribution in [0.3, 0.4) is 0 Å². The molecule has 1 aromatic heterocycles. The fourth-order valence-corrected chi connectivity index (χ4v) is 1.77. The molecule has 0 amide bonds. The van der Waals surface area contributed by atoms with Crippen molar-refractivity contribution in [3.63, 3.8) is 0 Å². The molecule has 0 fully saturated rings. The van der Waals surface area contributed by atoms with Crippen molar-refractivity contribution in [2.75, 3.05) is 0 Å². The second-order valence-corrected chi connectivity index (χ2v) is 4.25. The van der Waals surface area contributed by atoms with Gasteiger partial charge in [-0.3, -0.25) is 0 Å². The van der Waals surface area contributed by atoms with E-state index in [4.69, 9.17) is 14.3 Å². The van der Waals surface area contributed by atoms with Crippen LogP contribution in [0.25, 0.3) is 0 Å². The Balaban J connectivity index is 1.92. The van der Waals surface area contributed by atoms with E-state index in [2.05, 4.69) is 6.92 Å². The van der Waals surface area contributed by atoms with Gasteiger partial charge in [0.2, 0.25) is 5.76 Å². The second-order valence-electron chi connectivity index (χ2n) is 4.25. The summed E-state index contributed by atoms with van der Waals surface area (Å²) in [5.74, 6) is 0.0928. The predicted molar refractivity (Wildman–Crippen MR) is 70.4 cm³/mol. The number of hydrogen-bond donors (Lipinski definition) is 1. The Kier molecular flexibility index (Phi) is 4.23. The third-order valence-corrected chi connectivity index (χ3v) is 2.72. The molecule has 4 nitrogen and oxygen atoms in total. The Morgan fingerprint density at radius 3 is 2.53 bits per heavy atom. The van der Waals surface area contributed by atoms with Gasteiger partial charge in [-0.25, -0.2) is 4.79 Å². The van der Waals surface area contributed by atoms with E-state index in [1.165, 1.54) is 11.6 Å². The number of ether oxygens (including phenoxy) is 1. The Labute approximate surface area is 111 Å². The summed E-state index contributed by atoms with van der Waals surface area (Å²) in [6, 6.07) is 10.9. The van der Waals surface area contributed by atoms with E-state index < -0.39 is 5.97 Å². The van der Waals surface area contributed by atoms with Gasteiger partial charge in [-0.1, -0.05) is 25.5 Å². The monoisotopic (exact) mass is 260 g/mol. The molecule has 1 aromatic carbocycles. The van der Waals surface area contributed by atoms with E-state index in [0.717, 1.165) is 18.6 Å². The summed E-state index contributed by atoms with van der Waals surface area (Å²) >= 11 is 0. The zero-order valence-corrected chi connectivity index (χ0v) is 10.8. The summed E-state index contributed by atoms with van der Waals surface area (Å²) in [7, 11) is 0. The number of carbonyl (C=O) groups is 1. The third-order valence-electron chi connectivity index (χ3n) is 2.72. The molecule has 0 bridgehead atoms. The lowest BCUT2D eigenvalue weighted by atomic mass is 10.1. The minimum Gasteiger partial charge on any atom is -0.486 e. The molecule has 0 unspecified atom stereocenters. The minimum absolute atomic E-state index is 0.0723. The summed E-state index contributed by atoms with van der Waals surface area (Å²) in [4.78, 5) is 10.7. The highest BCUT2D eigenvalue weighted by Crippen LogP contribution is 2.16. The van der Waals surface area contributed by atoms with Gasteiger partial charge in [-0.05, 0) is 36.2 Å². The minimum atomic E-state index is -1.07. The largest absolute Gasteiger partial charge is 0.486 e. The lowest BCUT2D eigenvalue weighted by Gasteiger charge is -2.05. The number of carboxylic acids is 1. The molecule has 0 aliphatic carbocycles. The quantitative estimate of drug-likeness (QED) is 0.863. The number of hydrogen-bond acceptors (Lipinski definition) is 3. The summed E-state index contributed by atoms with van der Waals surface area (Å²) in [6.07, 6.45) is 2.17. The maximum atomic E-state index is 10.7. The smallest absolute Gasteiger partial charge is 0.371 e. The van der Waals surface area contributed by atoms with Gasteiger partial charge in [0.25, 0.3) is 0 Å². The van der Waals surface area contributed by atoms with Crippen molar-refractivity contribution in [1.82, 2.24) is 0 Å². The first-order valence-corrected chi connectivity index (χ1v) is 6.23. The van der Waals surface area contributed by atoms with E-state index in [1.807, 2.05) is 24.3 Å². The Morgan fingerprint density at radius 2 is 1.95 bits per heavy atom. The number of benzene rings is 1. The molecule has 2 aromatic rings. The van der Waals surface area contributed by atoms with Crippen molar-refractivity contribution in [2.45, 2.75) is 26.4 Å². The second kappa shape index (κ2) is 6.09. The zero-order valence-electron chi connectivity index (χ0n) is 10.8. The van der Waals surface area contributed by atoms with Crippen LogP contribution in [0.1, 0.15) is 35.2 Å². The molecular weight excluding hydrogens is 244 g/mol. The first kappa shape index (κ1) is 13.2. The summed E-state index contributed by atoms with van der Waals surface area (Å²) < 4.78 is 10.6. The van der Waals surface area contributed by atoms with Crippen molar-refractivity contribution < 1.29 is 19.1 Å². The molecule has 100 valence electrons. The van der Waals surface area contributed by atoms with Crippen LogP contribution >= 0.6 is 0 Å². The number of aromatic carboxylic acids is 1. The molecule has 0 atom stereocenters. The van der Waals surface area contributed by atoms with Gasteiger partial charge in [-0.2, -0.15) is 0 Å². The van der Waals surface area contributed by atoms with Crippen molar-refractivity contribution in [3.8, 4) is 5.75 Å². The molecule has 1 N–H and O–H groups in total. The standard InChI is InChI=1S/C15H16O4/c1-2-3-11-4-6-12(7-5-11)18-10-13-8-9-14(19-13)15(16)17/h4-9H,2-3,10H2,1H3,(H,16,17). The highest BCUT2D eigenvalue weighted by molar-refractivity contribution is 5.84. The lowest BCUT2D eigenvalue weighted by Crippen LogP contribution is -1.95. The lowest BCUT2D eigenvalue weighted by molar-refractivity contribution is 0.0658. The normalized spacial score (nSPS) is 10.4. The maximum absolute atomic E-state index is 10.7. The van der Waals surface area contributed by atoms with Crippen LogP contribution in [0.15, 0.2) is 40.8 Å². The molecule has 0 radical (unpaired) electrons. The van der Waals surface area contributed by atoms with E-state index in [-0.39, 0.29) is 12.4 Å². The summed E-state index contributed by atoms with van der Waals surface area (Å²) in [6.45, 7) is 2.36. The average Bonchev–Trinajstić information content (AvgIpc) is 2.87. The van der Waals surface area contributed by atoms with E-state index in [0.29, 0.717) is 5.76 Å². The zero-order chi connectivity index (χ0) is 13.7. The predicted octanol–water partition coefficient (Wildman–Crippen LogP) is 3.51. The molecule has 1 heterocycles. The van der Waals surface area contributed by atoms with Crippen LogP contribution < -0.4 is 4.74 Å². The molecule has 0 spiro atoms. The highest BCUT2D eigenvalue weighted by Gasteiger charge is 2.09. The molecule has 0 saturated heterocycles. The first-order chi connectivity index (χ1) is 9.19. The van der Waals surface area contributed by atoms with Crippen molar-refractivity contribution in [2.24, 2.45) is 0 Å². The van der Waals surface area contributed by atoms with E-state index >= 15 is 0 Å². The summed E-state index contributed by atoms with van der Waals surface area (Å²) in [5.41, 5.74) is 1.28. The fourth-order valence-electron chi connectivity index (χ4n) is 1.77. The summed E-state index contributed by atoms with van der Waals surface area (Å²) in [5, 5.41) is 8.73. The van der Waals surface area contributed by atoms with Crippen molar-refractivity contribution in [1.29, 1.82) is 0 Å². The van der Waals surface area contributed by atoms with E-state index in [9.17, 15) is 4.79 Å². The van der Waals surface area contributed by atoms with Gasteiger partial charge in [0.15, 0.2) is 0 Å². The molecule has 0 saturated carbocycles. The van der Waals surface area contributed by atoms with Crippen LogP contribution in [-0.4, -0.2) is 11.1 Å². The first-order valence-electron chi connectivity index (χ1n) is 6.23. The van der Waals surface area contributed by atoms with E-state index in [1.54, 1.807) is 6.07 Å². The Hall–Kier alpha value is -2.23. The van der Waals surface area contributed by atoms with Gasteiger partial charge < -0.3 is 14.3 Å². The molecule has 19 heavy (non-hydrogen) atoms. The Morgan fingerprint density at radius 1 is 1.21 bits per heavy atom. The van der Waals surface area contributed by atoms with Crippen molar-refractivity contribution in [3.05, 3.63) is 53.5 Å². The third kappa shape index (κ3) is 3.61. The maximum Gasteiger partial charge on any atom is 0.371 e. The Bertz CT molecular complexity index is 540. The van der Waals surface area contributed by atoms with Gasteiger partial charge in [-0.15, -0.1) is 0 Å². The number of carboxylic acid groups (broad SMARTS) is 1. The van der Waals surface area contributed by atoms with Gasteiger partial charge in [0, 0.05) is 0 Å². The topological polar surface area (TPSA) is 59.7 Å². The molecule has 4 heteroatoms. The van der Waals surface area contributed by atoms with Crippen LogP contribution in [0.4, 0.5) is 0 Å². The highest BCUT2D eigenvalue weighted by atomic mass is 16.5. The van der Waals surface area contributed by atoms with Crippen LogP contribution in [0.5, 0.6) is 5.75 Å². The molecule has 0 aliphatic rings. The van der Waals surface area contributed by atoms with Gasteiger partial charge in [0.1, 0.15) is 18.1 Å². The molecular formula is C15H16O4. The van der Waals surface area contributed by atoms with Crippen molar-refractivity contribution >= 4 is 5.97 Å². The molecule has 0 aliphatic heterocycles. The van der Waals surface area contributed by atoms with Gasteiger partial charge in [0.05, 0.1) is 0 Å². The van der Waals surface area contributed by atoms with Crippen LogP contribution in [-0.2, 0) is 13.0 Å². The number of rotatable bonds is 6. The van der Waals surface area contributed by atoms with Gasteiger partial charge >= 0.3 is 5.97 Å². The molecule has 2 rings (SSSR count). The average molecular weight is 260 g/mol. The van der Waals surface area contributed by atoms with Crippen LogP contribution in [0.2, 0.25) is 0 Å².